The number of carbonyl (C=O) groups is 1. The Balaban J connectivity index is -0.0000000180. The Bertz CT molecular complexity index is 72.6. The molecule has 0 aliphatic rings. The second-order valence-electron chi connectivity index (χ2n) is 1.06. The summed E-state index contributed by atoms with van der Waals surface area (Å²) in [6, 6.07) is 0. The second-order valence-corrected chi connectivity index (χ2v) is 1.06. The molecule has 0 atom stereocenters. The van der Waals surface area contributed by atoms with E-state index < -0.39 is 0 Å². The second kappa shape index (κ2) is 22.4. The van der Waals surface area contributed by atoms with Crippen LogP contribution in [-0.2, 0) is 9.53 Å². The van der Waals surface area contributed by atoms with Crippen LogP contribution in [0.1, 0.15) is 8.35 Å². The van der Waals surface area contributed by atoms with E-state index in [9.17, 15) is 4.79 Å². The summed E-state index contributed by atoms with van der Waals surface area (Å²) >= 11 is 0. The number of carbonyl (C=O) groups excluding carboxylic acids is 1. The molecule has 0 bridgehead atoms. The topological polar surface area (TPSA) is 141 Å². The fourth-order valence-corrected chi connectivity index (χ4v) is 0.189. The van der Waals surface area contributed by atoms with Crippen LogP contribution >= 0.6 is 0 Å². The summed E-state index contributed by atoms with van der Waals surface area (Å²) in [5.41, 5.74) is 0. The molecule has 0 amide bonds. The van der Waals surface area contributed by atoms with E-state index in [2.05, 4.69) is 4.74 Å². The van der Waals surface area contributed by atoms with Gasteiger partial charge in [0.1, 0.15) is 6.61 Å². The fraction of sp³-hybridized carbons (Fsp3) is 0.750. The zero-order chi connectivity index (χ0) is 5.70. The van der Waals surface area contributed by atoms with Crippen LogP contribution in [0, 0.1) is 0 Å². The monoisotopic (exact) mass is 182 g/mol. The summed E-state index contributed by atoms with van der Waals surface area (Å²) in [7, 11) is 0. The van der Waals surface area contributed by atoms with Crippen LogP contribution in [-0.4, -0.2) is 40.7 Å². The minimum atomic E-state index is -0.353. The molecule has 0 aromatic heterocycles. The largest absolute Gasteiger partial charge is 1.00 e. The van der Waals surface area contributed by atoms with Gasteiger partial charge < -0.3 is 27.7 Å². The molecule has 7 heteroatoms. The van der Waals surface area contributed by atoms with Crippen molar-refractivity contribution >= 4 is 5.97 Å². The molecule has 0 aromatic rings. The number of rotatable bonds is 2. The van der Waals surface area contributed by atoms with E-state index in [1.54, 1.807) is 0 Å². The summed E-state index contributed by atoms with van der Waals surface area (Å²) in [5, 5.41) is 8.04. The number of esters is 1. The molecule has 0 spiro atoms. The molecule has 68 valence electrons. The van der Waals surface area contributed by atoms with Crippen molar-refractivity contribution in [2.24, 2.45) is 0 Å². The Morgan fingerprint density at radius 3 is 1.91 bits per heavy atom. The van der Waals surface area contributed by atoms with E-state index in [1.165, 1.54) is 6.92 Å². The SMILES string of the molecule is CC(=O)OCCO.O.O.O.[H-].[Na+]. The van der Waals surface area contributed by atoms with Crippen molar-refractivity contribution < 1.29 is 62.1 Å². The number of ether oxygens (including phenoxy) is 1. The van der Waals surface area contributed by atoms with Crippen molar-refractivity contribution in [1.82, 2.24) is 0 Å². The molecule has 7 N–H and O–H groups in total. The smallest absolute Gasteiger partial charge is 1.00 e. The summed E-state index contributed by atoms with van der Waals surface area (Å²) in [6.07, 6.45) is 0. The van der Waals surface area contributed by atoms with Gasteiger partial charge in [-0.25, -0.2) is 0 Å². The van der Waals surface area contributed by atoms with Crippen LogP contribution < -0.4 is 29.6 Å². The van der Waals surface area contributed by atoms with E-state index in [-0.39, 0.29) is 66.6 Å². The molecule has 0 saturated heterocycles. The summed E-state index contributed by atoms with van der Waals surface area (Å²) < 4.78 is 4.30. The zero-order valence-electron chi connectivity index (χ0n) is 7.68. The van der Waals surface area contributed by atoms with Crippen molar-refractivity contribution in [2.75, 3.05) is 13.2 Å². The van der Waals surface area contributed by atoms with E-state index in [1.807, 2.05) is 0 Å². The molecule has 0 radical (unpaired) electrons. The van der Waals surface area contributed by atoms with E-state index in [0.717, 1.165) is 0 Å². The summed E-state index contributed by atoms with van der Waals surface area (Å²) in [4.78, 5) is 9.87. The quantitative estimate of drug-likeness (QED) is 0.335. The van der Waals surface area contributed by atoms with E-state index in [4.69, 9.17) is 5.11 Å². The average Bonchev–Trinajstić information content (AvgIpc) is 1.61. The van der Waals surface area contributed by atoms with Crippen molar-refractivity contribution in [3.8, 4) is 0 Å². The minimum Gasteiger partial charge on any atom is -1.00 e. The molecule has 0 saturated carbocycles. The van der Waals surface area contributed by atoms with E-state index >= 15 is 0 Å². The van der Waals surface area contributed by atoms with Crippen LogP contribution in [0.4, 0.5) is 0 Å². The average molecular weight is 182 g/mol. The first kappa shape index (κ1) is 30.2. The summed E-state index contributed by atoms with van der Waals surface area (Å²) in [5.74, 6) is -0.353. The molecular weight excluding hydrogens is 167 g/mol. The molecule has 0 unspecified atom stereocenters. The maximum absolute atomic E-state index is 9.87. The predicted octanol–water partition coefficient (Wildman–Crippen LogP) is -5.82. The molecule has 0 heterocycles. The third kappa shape index (κ3) is 38.3. The molecular formula is C4H15NaO6. The van der Waals surface area contributed by atoms with Gasteiger partial charge in [-0.05, 0) is 0 Å². The Hall–Kier alpha value is 0.310. The molecule has 0 aliphatic carbocycles. The number of aliphatic hydroxyl groups excluding tert-OH is 1. The molecule has 6 nitrogen and oxygen atoms in total. The van der Waals surface area contributed by atoms with E-state index in [0.29, 0.717) is 0 Å². The Morgan fingerprint density at radius 2 is 1.82 bits per heavy atom. The number of aliphatic hydroxyl groups is 1. The molecule has 0 aliphatic heterocycles. The predicted molar refractivity (Wildman–Crippen MR) is 35.7 cm³/mol. The van der Waals surface area contributed by atoms with Crippen molar-refractivity contribution in [1.29, 1.82) is 0 Å². The van der Waals surface area contributed by atoms with Crippen molar-refractivity contribution in [2.45, 2.75) is 6.92 Å². The van der Waals surface area contributed by atoms with Crippen molar-refractivity contribution in [3.05, 3.63) is 0 Å². The maximum atomic E-state index is 9.87. The molecule has 0 rings (SSSR count). The van der Waals surface area contributed by atoms with Gasteiger partial charge in [0.05, 0.1) is 6.61 Å². The standard InChI is InChI=1S/C4H8O3.Na.3H2O.H/c1-4(6)7-3-2-5;;;;;/h5H,2-3H2,1H3;;3*1H2;/q;+1;;;;-1. The fourth-order valence-electron chi connectivity index (χ4n) is 0.189. The number of hydrogen-bond donors (Lipinski definition) is 1. The third-order valence-electron chi connectivity index (χ3n) is 0.397. The van der Waals surface area contributed by atoms with Gasteiger partial charge >= 0.3 is 35.5 Å². The van der Waals surface area contributed by atoms with Gasteiger partial charge in [-0.1, -0.05) is 0 Å². The molecule has 0 fully saturated rings. The van der Waals surface area contributed by atoms with Gasteiger partial charge in [-0.2, -0.15) is 0 Å². The van der Waals surface area contributed by atoms with Crippen molar-refractivity contribution in [3.63, 3.8) is 0 Å². The van der Waals surface area contributed by atoms with Gasteiger partial charge in [-0.3, -0.25) is 4.79 Å². The molecule has 11 heavy (non-hydrogen) atoms. The third-order valence-corrected chi connectivity index (χ3v) is 0.397. The van der Waals surface area contributed by atoms with Gasteiger partial charge in [0.2, 0.25) is 0 Å². The number of hydrogen-bond acceptors (Lipinski definition) is 3. The zero-order valence-corrected chi connectivity index (χ0v) is 8.68. The first-order chi connectivity index (χ1) is 3.27. The van der Waals surface area contributed by atoms with Crippen LogP contribution in [0.2, 0.25) is 0 Å². The van der Waals surface area contributed by atoms with Gasteiger partial charge in [0.15, 0.2) is 0 Å². The Kier molecular flexibility index (Phi) is 61.6. The van der Waals surface area contributed by atoms with Gasteiger partial charge in [-0.15, -0.1) is 0 Å². The van der Waals surface area contributed by atoms with Crippen LogP contribution in [0.5, 0.6) is 0 Å². The summed E-state index contributed by atoms with van der Waals surface area (Å²) in [6.45, 7) is 1.31. The molecule has 0 aromatic carbocycles. The van der Waals surface area contributed by atoms with Crippen LogP contribution in [0.3, 0.4) is 0 Å². The van der Waals surface area contributed by atoms with Crippen LogP contribution in [0.15, 0.2) is 0 Å². The Labute approximate surface area is 88.2 Å². The van der Waals surface area contributed by atoms with Crippen LogP contribution in [0.25, 0.3) is 0 Å². The first-order valence-electron chi connectivity index (χ1n) is 2.01. The Morgan fingerprint density at radius 1 is 1.45 bits per heavy atom. The first-order valence-corrected chi connectivity index (χ1v) is 2.01. The normalized spacial score (nSPS) is 5.27. The van der Waals surface area contributed by atoms with Gasteiger partial charge in [0, 0.05) is 6.92 Å². The van der Waals surface area contributed by atoms with Gasteiger partial charge in [0.25, 0.3) is 0 Å². The minimum absolute atomic E-state index is 0. The maximum Gasteiger partial charge on any atom is 1.00 e.